The molecule has 35 heavy (non-hydrogen) atoms. The largest absolute Gasteiger partial charge is 0.454 e. The van der Waals surface area contributed by atoms with Crippen LogP contribution in [-0.2, 0) is 22.6 Å². The van der Waals surface area contributed by atoms with Crippen LogP contribution >= 0.6 is 0 Å². The lowest BCUT2D eigenvalue weighted by Gasteiger charge is -2.40. The van der Waals surface area contributed by atoms with Crippen molar-refractivity contribution in [3.05, 3.63) is 89.5 Å². The minimum absolute atomic E-state index is 0.0396. The normalized spacial score (nSPS) is 15.6. The third-order valence-electron chi connectivity index (χ3n) is 7.09. The molecule has 1 aliphatic carbocycles. The number of anilines is 1. The van der Waals surface area contributed by atoms with Gasteiger partial charge in [0, 0.05) is 18.3 Å². The van der Waals surface area contributed by atoms with Crippen molar-refractivity contribution in [1.29, 1.82) is 0 Å². The van der Waals surface area contributed by atoms with E-state index in [-0.39, 0.29) is 25.0 Å². The molecule has 1 N–H and O–H groups in total. The van der Waals surface area contributed by atoms with Gasteiger partial charge in [-0.25, -0.2) is 0 Å². The van der Waals surface area contributed by atoms with E-state index in [0.29, 0.717) is 36.6 Å². The zero-order chi connectivity index (χ0) is 24.3. The maximum absolute atomic E-state index is 13.9. The summed E-state index contributed by atoms with van der Waals surface area (Å²) in [4.78, 5) is 29.6. The highest BCUT2D eigenvalue weighted by molar-refractivity contribution is 6.01. The van der Waals surface area contributed by atoms with Crippen molar-refractivity contribution in [2.24, 2.45) is 0 Å². The second-order valence-corrected chi connectivity index (χ2v) is 9.33. The second kappa shape index (κ2) is 9.82. The van der Waals surface area contributed by atoms with Gasteiger partial charge in [0.2, 0.25) is 18.6 Å². The van der Waals surface area contributed by atoms with Crippen molar-refractivity contribution in [1.82, 2.24) is 4.90 Å². The Morgan fingerprint density at radius 1 is 0.914 bits per heavy atom. The molecular formula is C29H30N2O4. The molecule has 0 aromatic heterocycles. The van der Waals surface area contributed by atoms with Crippen LogP contribution in [0, 0.1) is 6.92 Å². The van der Waals surface area contributed by atoms with Crippen molar-refractivity contribution in [3.8, 4) is 11.5 Å². The van der Waals surface area contributed by atoms with E-state index in [4.69, 9.17) is 9.47 Å². The molecule has 0 radical (unpaired) electrons. The Kier molecular flexibility index (Phi) is 6.45. The zero-order valence-corrected chi connectivity index (χ0v) is 20.0. The molecule has 0 unspecified atom stereocenters. The molecule has 6 nitrogen and oxygen atoms in total. The number of rotatable bonds is 7. The Morgan fingerprint density at radius 2 is 1.63 bits per heavy atom. The monoisotopic (exact) mass is 470 g/mol. The van der Waals surface area contributed by atoms with Gasteiger partial charge in [0.1, 0.15) is 5.54 Å². The number of ether oxygens (including phenoxy) is 2. The lowest BCUT2D eigenvalue weighted by atomic mass is 9.91. The van der Waals surface area contributed by atoms with E-state index in [0.717, 1.165) is 29.5 Å². The fourth-order valence-electron chi connectivity index (χ4n) is 5.10. The fourth-order valence-corrected chi connectivity index (χ4v) is 5.10. The molecule has 1 aliphatic heterocycles. The van der Waals surface area contributed by atoms with Gasteiger partial charge in [-0.15, -0.1) is 0 Å². The van der Waals surface area contributed by atoms with E-state index in [9.17, 15) is 9.59 Å². The predicted octanol–water partition coefficient (Wildman–Crippen LogP) is 5.25. The van der Waals surface area contributed by atoms with Gasteiger partial charge in [0.25, 0.3) is 0 Å². The summed E-state index contributed by atoms with van der Waals surface area (Å²) in [6.45, 7) is 2.62. The number of hydrogen-bond donors (Lipinski definition) is 1. The number of nitrogens with zero attached hydrogens (tertiary/aromatic N) is 1. The lowest BCUT2D eigenvalue weighted by Crippen LogP contribution is -2.57. The smallest absolute Gasteiger partial charge is 0.250 e. The molecule has 0 bridgehead atoms. The van der Waals surface area contributed by atoms with Gasteiger partial charge in [0.05, 0.1) is 6.42 Å². The average molecular weight is 471 g/mol. The minimum atomic E-state index is -0.912. The molecule has 180 valence electrons. The number of fused-ring (bicyclic) bond motifs is 1. The predicted molar refractivity (Wildman–Crippen MR) is 134 cm³/mol. The Hall–Kier alpha value is -3.80. The molecule has 0 atom stereocenters. The Labute approximate surface area is 205 Å². The summed E-state index contributed by atoms with van der Waals surface area (Å²) in [5.41, 5.74) is 2.82. The Morgan fingerprint density at radius 3 is 2.40 bits per heavy atom. The third-order valence-corrected chi connectivity index (χ3v) is 7.09. The van der Waals surface area contributed by atoms with Gasteiger partial charge >= 0.3 is 0 Å². The van der Waals surface area contributed by atoms with E-state index < -0.39 is 5.54 Å². The van der Waals surface area contributed by atoms with E-state index in [1.165, 1.54) is 0 Å². The van der Waals surface area contributed by atoms with Crippen molar-refractivity contribution in [2.75, 3.05) is 12.1 Å². The standard InChI is InChI=1S/C29H30N2O4/c1-21-9-5-6-12-23(21)19-31(27(32)17-22-10-3-2-4-11-22)29(15-7-8-16-29)28(33)30-24-13-14-25-26(18-24)35-20-34-25/h2-6,9-14,18H,7-8,15-17,19-20H2,1H3,(H,30,33). The Bertz CT molecular complexity index is 1220. The first-order chi connectivity index (χ1) is 17.0. The summed E-state index contributed by atoms with van der Waals surface area (Å²) >= 11 is 0. The molecule has 2 amide bonds. The summed E-state index contributed by atoms with van der Waals surface area (Å²) in [5, 5.41) is 3.09. The van der Waals surface area contributed by atoms with Crippen LogP contribution in [0.15, 0.2) is 72.8 Å². The SMILES string of the molecule is Cc1ccccc1CN(C(=O)Cc1ccccc1)C1(C(=O)Nc2ccc3c(c2)OCO3)CCCC1. The third kappa shape index (κ3) is 4.74. The number of amides is 2. The van der Waals surface area contributed by atoms with Crippen molar-refractivity contribution < 1.29 is 19.1 Å². The van der Waals surface area contributed by atoms with Crippen LogP contribution in [-0.4, -0.2) is 29.0 Å². The first-order valence-electron chi connectivity index (χ1n) is 12.2. The van der Waals surface area contributed by atoms with Crippen LogP contribution in [0.3, 0.4) is 0 Å². The van der Waals surface area contributed by atoms with Gasteiger partial charge < -0.3 is 19.7 Å². The first kappa shape index (κ1) is 23.0. The molecule has 6 heteroatoms. The Balaban J connectivity index is 1.47. The molecule has 0 saturated heterocycles. The quantitative estimate of drug-likeness (QED) is 0.512. The van der Waals surface area contributed by atoms with Crippen LogP contribution in [0.25, 0.3) is 0 Å². The molecule has 2 aliphatic rings. The zero-order valence-electron chi connectivity index (χ0n) is 20.0. The van der Waals surface area contributed by atoms with Gasteiger partial charge in [0.15, 0.2) is 11.5 Å². The van der Waals surface area contributed by atoms with Gasteiger partial charge in [-0.1, -0.05) is 67.4 Å². The molecular weight excluding hydrogens is 440 g/mol. The van der Waals surface area contributed by atoms with Crippen LogP contribution in [0.2, 0.25) is 0 Å². The van der Waals surface area contributed by atoms with Crippen molar-refractivity contribution in [3.63, 3.8) is 0 Å². The number of nitrogens with one attached hydrogen (secondary N) is 1. The fraction of sp³-hybridized carbons (Fsp3) is 0.310. The minimum Gasteiger partial charge on any atom is -0.454 e. The molecule has 3 aromatic rings. The number of carbonyl (C=O) groups is 2. The van der Waals surface area contributed by atoms with Gasteiger partial charge in [-0.05, 0) is 48.6 Å². The molecule has 0 spiro atoms. The highest BCUT2D eigenvalue weighted by Crippen LogP contribution is 2.39. The maximum atomic E-state index is 13.9. The number of hydrogen-bond acceptors (Lipinski definition) is 4. The van der Waals surface area contributed by atoms with Gasteiger partial charge in [-0.3, -0.25) is 9.59 Å². The number of carbonyl (C=O) groups excluding carboxylic acids is 2. The summed E-state index contributed by atoms with van der Waals surface area (Å²) in [7, 11) is 0. The van der Waals surface area contributed by atoms with Crippen molar-refractivity contribution in [2.45, 2.75) is 51.1 Å². The number of benzene rings is 3. The summed E-state index contributed by atoms with van der Waals surface area (Å²) in [6.07, 6.45) is 3.33. The molecule has 3 aromatic carbocycles. The average Bonchev–Trinajstić information content (AvgIpc) is 3.54. The molecule has 1 heterocycles. The van der Waals surface area contributed by atoms with Crippen LogP contribution < -0.4 is 14.8 Å². The topological polar surface area (TPSA) is 67.9 Å². The van der Waals surface area contributed by atoms with E-state index >= 15 is 0 Å². The second-order valence-electron chi connectivity index (χ2n) is 9.33. The van der Waals surface area contributed by atoms with E-state index in [2.05, 4.69) is 5.32 Å². The summed E-state index contributed by atoms with van der Waals surface area (Å²) < 4.78 is 10.9. The first-order valence-corrected chi connectivity index (χ1v) is 12.2. The van der Waals surface area contributed by atoms with Crippen LogP contribution in [0.5, 0.6) is 11.5 Å². The molecule has 1 fully saturated rings. The lowest BCUT2D eigenvalue weighted by molar-refractivity contribution is -0.145. The number of aryl methyl sites for hydroxylation is 1. The van der Waals surface area contributed by atoms with E-state index in [1.54, 1.807) is 12.1 Å². The van der Waals surface area contributed by atoms with E-state index in [1.807, 2.05) is 72.5 Å². The molecule has 5 rings (SSSR count). The summed E-state index contributed by atoms with van der Waals surface area (Å²) in [5.74, 6) is 1.09. The van der Waals surface area contributed by atoms with Crippen molar-refractivity contribution >= 4 is 17.5 Å². The van der Waals surface area contributed by atoms with Crippen LogP contribution in [0.1, 0.15) is 42.4 Å². The molecule has 1 saturated carbocycles. The maximum Gasteiger partial charge on any atom is 0.250 e. The van der Waals surface area contributed by atoms with Crippen LogP contribution in [0.4, 0.5) is 5.69 Å². The highest BCUT2D eigenvalue weighted by Gasteiger charge is 2.48. The summed E-state index contributed by atoms with van der Waals surface area (Å²) in [6, 6.07) is 23.2. The van der Waals surface area contributed by atoms with Gasteiger partial charge in [-0.2, -0.15) is 0 Å². The highest BCUT2D eigenvalue weighted by atomic mass is 16.7.